The van der Waals surface area contributed by atoms with Crippen molar-refractivity contribution in [1.29, 1.82) is 0 Å². The van der Waals surface area contributed by atoms with Crippen LogP contribution in [-0.2, 0) is 10.0 Å². The van der Waals surface area contributed by atoms with Crippen LogP contribution in [0.4, 0.5) is 10.1 Å². The van der Waals surface area contributed by atoms with E-state index in [-0.39, 0.29) is 22.2 Å². The predicted molar refractivity (Wildman–Crippen MR) is 98.6 cm³/mol. The predicted octanol–water partition coefficient (Wildman–Crippen LogP) is 3.87. The number of nitrogens with one attached hydrogen (secondary N) is 1. The molecule has 5 nitrogen and oxygen atoms in total. The van der Waals surface area contributed by atoms with Gasteiger partial charge in [0, 0.05) is 23.1 Å². The summed E-state index contributed by atoms with van der Waals surface area (Å²) in [6.45, 7) is 3.54. The summed E-state index contributed by atoms with van der Waals surface area (Å²) in [4.78, 5) is 12.3. The molecule has 1 N–H and O–H groups in total. The number of carbonyl (C=O) groups is 1. The van der Waals surface area contributed by atoms with Gasteiger partial charge >= 0.3 is 0 Å². The van der Waals surface area contributed by atoms with Gasteiger partial charge in [0.05, 0.1) is 10.6 Å². The maximum Gasteiger partial charge on any atom is 0.255 e. The summed E-state index contributed by atoms with van der Waals surface area (Å²) >= 11 is 3.14. The number of hydrogen-bond donors (Lipinski definition) is 1. The third-order valence-corrected chi connectivity index (χ3v) is 6.24. The lowest BCUT2D eigenvalue weighted by molar-refractivity contribution is 0.102. The molecule has 0 saturated carbocycles. The van der Waals surface area contributed by atoms with E-state index in [1.54, 1.807) is 19.9 Å². The van der Waals surface area contributed by atoms with Gasteiger partial charge in [0.2, 0.25) is 10.0 Å². The van der Waals surface area contributed by atoms with Crippen LogP contribution in [0.25, 0.3) is 0 Å². The molecule has 0 spiro atoms. The monoisotopic (exact) mass is 428 g/mol. The van der Waals surface area contributed by atoms with Gasteiger partial charge in [-0.05, 0) is 56.3 Å². The molecule has 0 saturated heterocycles. The van der Waals surface area contributed by atoms with Crippen LogP contribution in [-0.4, -0.2) is 31.7 Å². The molecular weight excluding hydrogens is 411 g/mol. The van der Waals surface area contributed by atoms with E-state index in [1.807, 2.05) is 0 Å². The SMILES string of the molecule is CC(C)N(C)S(=O)(=O)c1ccc(C(=O)Nc2ccc(Br)cc2F)cc1. The number of sulfonamides is 1. The van der Waals surface area contributed by atoms with Crippen molar-refractivity contribution in [3.05, 3.63) is 58.3 Å². The first-order chi connectivity index (χ1) is 11.6. The van der Waals surface area contributed by atoms with Crippen molar-refractivity contribution in [2.24, 2.45) is 0 Å². The van der Waals surface area contributed by atoms with E-state index >= 15 is 0 Å². The molecule has 0 heterocycles. The molecule has 2 aromatic carbocycles. The molecule has 0 radical (unpaired) electrons. The van der Waals surface area contributed by atoms with Gasteiger partial charge in [-0.25, -0.2) is 12.8 Å². The summed E-state index contributed by atoms with van der Waals surface area (Å²) in [7, 11) is -2.12. The minimum absolute atomic E-state index is 0.0458. The number of halogens is 2. The van der Waals surface area contributed by atoms with Gasteiger partial charge in [0.25, 0.3) is 5.91 Å². The van der Waals surface area contributed by atoms with E-state index in [1.165, 1.54) is 47.8 Å². The highest BCUT2D eigenvalue weighted by atomic mass is 79.9. The zero-order valence-electron chi connectivity index (χ0n) is 14.0. The lowest BCUT2D eigenvalue weighted by atomic mass is 10.2. The molecular formula is C17H18BrFN2O3S. The first-order valence-corrected chi connectivity index (χ1v) is 9.70. The molecule has 8 heteroatoms. The zero-order chi connectivity index (χ0) is 18.8. The van der Waals surface area contributed by atoms with Crippen LogP contribution in [0.5, 0.6) is 0 Å². The highest BCUT2D eigenvalue weighted by molar-refractivity contribution is 9.10. The molecule has 0 aliphatic heterocycles. The van der Waals surface area contributed by atoms with Crippen molar-refractivity contribution in [2.75, 3.05) is 12.4 Å². The van der Waals surface area contributed by atoms with Gasteiger partial charge in [-0.15, -0.1) is 0 Å². The summed E-state index contributed by atoms with van der Waals surface area (Å²) in [5, 5.41) is 2.46. The smallest absolute Gasteiger partial charge is 0.255 e. The quantitative estimate of drug-likeness (QED) is 0.785. The Labute approximate surface area is 155 Å². The number of carbonyl (C=O) groups excluding carboxylic acids is 1. The fourth-order valence-electron chi connectivity index (χ4n) is 2.01. The van der Waals surface area contributed by atoms with Crippen LogP contribution < -0.4 is 5.32 Å². The molecule has 2 rings (SSSR count). The van der Waals surface area contributed by atoms with Crippen LogP contribution in [0.15, 0.2) is 51.8 Å². The van der Waals surface area contributed by atoms with Crippen molar-refractivity contribution in [3.63, 3.8) is 0 Å². The van der Waals surface area contributed by atoms with Crippen molar-refractivity contribution < 1.29 is 17.6 Å². The molecule has 0 atom stereocenters. The van der Waals surface area contributed by atoms with E-state index < -0.39 is 21.7 Å². The molecule has 0 aliphatic carbocycles. The van der Waals surface area contributed by atoms with Crippen LogP contribution in [0.2, 0.25) is 0 Å². The van der Waals surface area contributed by atoms with Gasteiger partial charge < -0.3 is 5.32 Å². The van der Waals surface area contributed by atoms with Gasteiger partial charge in [-0.2, -0.15) is 4.31 Å². The van der Waals surface area contributed by atoms with Crippen molar-refractivity contribution in [2.45, 2.75) is 24.8 Å². The number of rotatable bonds is 5. The molecule has 2 aromatic rings. The average molecular weight is 429 g/mol. The maximum atomic E-state index is 13.8. The van der Waals surface area contributed by atoms with Crippen LogP contribution >= 0.6 is 15.9 Å². The molecule has 1 amide bonds. The van der Waals surface area contributed by atoms with Crippen LogP contribution in [0.1, 0.15) is 24.2 Å². The van der Waals surface area contributed by atoms with Gasteiger partial charge in [0.1, 0.15) is 5.82 Å². The van der Waals surface area contributed by atoms with Gasteiger partial charge in [0.15, 0.2) is 0 Å². The lowest BCUT2D eigenvalue weighted by Crippen LogP contribution is -2.33. The second kappa shape index (κ2) is 7.63. The van der Waals surface area contributed by atoms with E-state index in [2.05, 4.69) is 21.2 Å². The minimum atomic E-state index is -3.61. The Bertz CT molecular complexity index is 883. The maximum absolute atomic E-state index is 13.8. The highest BCUT2D eigenvalue weighted by Crippen LogP contribution is 2.21. The summed E-state index contributed by atoms with van der Waals surface area (Å²) in [6.07, 6.45) is 0. The summed E-state index contributed by atoms with van der Waals surface area (Å²) in [6, 6.07) is 9.62. The topological polar surface area (TPSA) is 66.5 Å². The van der Waals surface area contributed by atoms with E-state index in [9.17, 15) is 17.6 Å². The van der Waals surface area contributed by atoms with Gasteiger partial charge in [-0.1, -0.05) is 15.9 Å². The number of nitrogens with zero attached hydrogens (tertiary/aromatic N) is 1. The van der Waals surface area contributed by atoms with Crippen LogP contribution in [0, 0.1) is 5.82 Å². The Hall–Kier alpha value is -1.77. The molecule has 134 valence electrons. The summed E-state index contributed by atoms with van der Waals surface area (Å²) < 4.78 is 40.4. The Morgan fingerprint density at radius 3 is 2.28 bits per heavy atom. The normalized spacial score (nSPS) is 11.8. The number of hydrogen-bond acceptors (Lipinski definition) is 3. The number of benzene rings is 2. The molecule has 0 aliphatic rings. The number of amides is 1. The fourth-order valence-corrected chi connectivity index (χ4v) is 3.71. The van der Waals surface area contributed by atoms with E-state index in [0.717, 1.165) is 0 Å². The average Bonchev–Trinajstić information content (AvgIpc) is 2.56. The summed E-state index contributed by atoms with van der Waals surface area (Å²) in [5.74, 6) is -1.09. The lowest BCUT2D eigenvalue weighted by Gasteiger charge is -2.21. The second-order valence-corrected chi connectivity index (χ2v) is 8.63. The Kier molecular flexibility index (Phi) is 5.97. The molecule has 0 aromatic heterocycles. The van der Waals surface area contributed by atoms with E-state index in [4.69, 9.17) is 0 Å². The first kappa shape index (κ1) is 19.6. The highest BCUT2D eigenvalue weighted by Gasteiger charge is 2.23. The standard InChI is InChI=1S/C17H18BrFN2O3S/c1-11(2)21(3)25(23,24)14-7-4-12(5-8-14)17(22)20-16-9-6-13(18)10-15(16)19/h4-11H,1-3H3,(H,20,22). The minimum Gasteiger partial charge on any atom is -0.319 e. The largest absolute Gasteiger partial charge is 0.319 e. The number of anilines is 1. The first-order valence-electron chi connectivity index (χ1n) is 7.47. The summed E-state index contributed by atoms with van der Waals surface area (Å²) in [5.41, 5.74) is 0.276. The van der Waals surface area contributed by atoms with Crippen molar-refractivity contribution >= 4 is 37.5 Å². The van der Waals surface area contributed by atoms with Crippen molar-refractivity contribution in [3.8, 4) is 0 Å². The zero-order valence-corrected chi connectivity index (χ0v) is 16.4. The van der Waals surface area contributed by atoms with Crippen molar-refractivity contribution in [1.82, 2.24) is 4.31 Å². The molecule has 25 heavy (non-hydrogen) atoms. The van der Waals surface area contributed by atoms with E-state index in [0.29, 0.717) is 4.47 Å². The third kappa shape index (κ3) is 4.45. The molecule has 0 unspecified atom stereocenters. The Morgan fingerprint density at radius 1 is 1.16 bits per heavy atom. The fraction of sp³-hybridized carbons (Fsp3) is 0.235. The van der Waals surface area contributed by atoms with Gasteiger partial charge in [-0.3, -0.25) is 4.79 Å². The molecule has 0 bridgehead atoms. The molecule has 0 fully saturated rings. The Morgan fingerprint density at radius 2 is 1.76 bits per heavy atom. The third-order valence-electron chi connectivity index (χ3n) is 3.70. The second-order valence-electron chi connectivity index (χ2n) is 5.72. The Balaban J connectivity index is 2.21. The van der Waals surface area contributed by atoms with Crippen LogP contribution in [0.3, 0.4) is 0 Å².